The molecule has 0 saturated carbocycles. The highest BCUT2D eigenvalue weighted by atomic mass is 19.4. The van der Waals surface area contributed by atoms with E-state index in [-0.39, 0.29) is 5.75 Å². The Morgan fingerprint density at radius 1 is 1.24 bits per heavy atom. The zero-order chi connectivity index (χ0) is 12.3. The molecule has 1 heterocycles. The van der Waals surface area contributed by atoms with Crippen molar-refractivity contribution in [2.45, 2.75) is 6.36 Å². The molecule has 0 radical (unpaired) electrons. The van der Waals surface area contributed by atoms with Crippen LogP contribution < -0.4 is 14.8 Å². The summed E-state index contributed by atoms with van der Waals surface area (Å²) in [5.41, 5.74) is 0. The van der Waals surface area contributed by atoms with Crippen molar-refractivity contribution >= 4 is 0 Å². The molecule has 17 heavy (non-hydrogen) atoms. The summed E-state index contributed by atoms with van der Waals surface area (Å²) in [6.45, 7) is 2.28. The Labute approximate surface area is 96.5 Å². The van der Waals surface area contributed by atoms with Crippen LogP contribution in [0.25, 0.3) is 0 Å². The average Bonchev–Trinajstić information content (AvgIpc) is 2.13. The largest absolute Gasteiger partial charge is 0.573 e. The third-order valence-corrected chi connectivity index (χ3v) is 2.39. The summed E-state index contributed by atoms with van der Waals surface area (Å²) in [5.74, 6) is 0.558. The van der Waals surface area contributed by atoms with E-state index in [2.05, 4.69) is 10.1 Å². The predicted molar refractivity (Wildman–Crippen MR) is 55.0 cm³/mol. The Kier molecular flexibility index (Phi) is 3.42. The van der Waals surface area contributed by atoms with Crippen molar-refractivity contribution in [2.75, 3.05) is 19.7 Å². The van der Waals surface area contributed by atoms with Gasteiger partial charge in [0.1, 0.15) is 11.5 Å². The van der Waals surface area contributed by atoms with Gasteiger partial charge in [0.25, 0.3) is 0 Å². The van der Waals surface area contributed by atoms with Crippen molar-refractivity contribution < 1.29 is 22.6 Å². The van der Waals surface area contributed by atoms with Crippen LogP contribution in [0.5, 0.6) is 11.5 Å². The molecule has 1 N–H and O–H groups in total. The van der Waals surface area contributed by atoms with E-state index in [0.29, 0.717) is 18.3 Å². The predicted octanol–water partition coefficient (Wildman–Crippen LogP) is 2.18. The molecule has 0 amide bonds. The second-order valence-corrected chi connectivity index (χ2v) is 3.86. The van der Waals surface area contributed by atoms with Gasteiger partial charge in [-0.15, -0.1) is 13.2 Å². The Morgan fingerprint density at radius 2 is 1.94 bits per heavy atom. The number of hydrogen-bond acceptors (Lipinski definition) is 3. The fourth-order valence-electron chi connectivity index (χ4n) is 1.44. The summed E-state index contributed by atoms with van der Waals surface area (Å²) in [4.78, 5) is 0. The highest BCUT2D eigenvalue weighted by Gasteiger charge is 2.31. The minimum atomic E-state index is -4.67. The number of ether oxygens (including phenoxy) is 2. The third kappa shape index (κ3) is 3.81. The quantitative estimate of drug-likeness (QED) is 0.884. The molecule has 1 aromatic rings. The van der Waals surface area contributed by atoms with Crippen LogP contribution in [0.4, 0.5) is 13.2 Å². The molecule has 1 fully saturated rings. The normalized spacial score (nSPS) is 16.4. The highest BCUT2D eigenvalue weighted by Crippen LogP contribution is 2.26. The van der Waals surface area contributed by atoms with Crippen LogP contribution in [-0.2, 0) is 0 Å². The van der Waals surface area contributed by atoms with Gasteiger partial charge in [0, 0.05) is 25.1 Å². The lowest BCUT2D eigenvalue weighted by molar-refractivity contribution is -0.274. The fourth-order valence-corrected chi connectivity index (χ4v) is 1.44. The summed E-state index contributed by atoms with van der Waals surface area (Å²) >= 11 is 0. The Morgan fingerprint density at radius 3 is 2.53 bits per heavy atom. The van der Waals surface area contributed by atoms with Crippen molar-refractivity contribution in [2.24, 2.45) is 5.92 Å². The number of rotatable bonds is 4. The van der Waals surface area contributed by atoms with E-state index >= 15 is 0 Å². The smallest absolute Gasteiger partial charge is 0.493 e. The molecule has 1 aromatic carbocycles. The van der Waals surface area contributed by atoms with Gasteiger partial charge in [0.2, 0.25) is 0 Å². The zero-order valence-corrected chi connectivity index (χ0v) is 8.96. The fraction of sp³-hybridized carbons (Fsp3) is 0.455. The standard InChI is InChI=1S/C11H12F3NO2/c12-11(13,14)17-10-3-1-2-9(4-10)16-7-8-5-15-6-8/h1-4,8,15H,5-7H2. The SMILES string of the molecule is FC(F)(F)Oc1cccc(OCC2CNC2)c1. The minimum Gasteiger partial charge on any atom is -0.493 e. The highest BCUT2D eigenvalue weighted by molar-refractivity contribution is 5.33. The molecule has 0 spiro atoms. The second kappa shape index (κ2) is 4.83. The van der Waals surface area contributed by atoms with Crippen molar-refractivity contribution in [1.29, 1.82) is 0 Å². The van der Waals surface area contributed by atoms with E-state index in [4.69, 9.17) is 4.74 Å². The lowest BCUT2D eigenvalue weighted by Crippen LogP contribution is -2.45. The van der Waals surface area contributed by atoms with Crippen LogP contribution >= 0.6 is 0 Å². The van der Waals surface area contributed by atoms with Crippen molar-refractivity contribution in [3.63, 3.8) is 0 Å². The van der Waals surface area contributed by atoms with Crippen LogP contribution in [0.15, 0.2) is 24.3 Å². The lowest BCUT2D eigenvalue weighted by Gasteiger charge is -2.26. The Bertz CT molecular complexity index is 377. The van der Waals surface area contributed by atoms with Gasteiger partial charge in [-0.1, -0.05) is 6.07 Å². The molecule has 1 aliphatic rings. The molecule has 3 nitrogen and oxygen atoms in total. The maximum atomic E-state index is 12.0. The van der Waals surface area contributed by atoms with Crippen LogP contribution in [0.1, 0.15) is 0 Å². The number of alkyl halides is 3. The van der Waals surface area contributed by atoms with Crippen LogP contribution in [-0.4, -0.2) is 26.1 Å². The van der Waals surface area contributed by atoms with E-state index < -0.39 is 6.36 Å². The monoisotopic (exact) mass is 247 g/mol. The van der Waals surface area contributed by atoms with Gasteiger partial charge in [-0.3, -0.25) is 0 Å². The molecule has 1 saturated heterocycles. The Hall–Kier alpha value is -1.43. The van der Waals surface area contributed by atoms with Crippen molar-refractivity contribution in [3.05, 3.63) is 24.3 Å². The topological polar surface area (TPSA) is 30.5 Å². The van der Waals surface area contributed by atoms with Gasteiger partial charge in [-0.2, -0.15) is 0 Å². The van der Waals surface area contributed by atoms with Gasteiger partial charge in [-0.25, -0.2) is 0 Å². The maximum Gasteiger partial charge on any atom is 0.573 e. The lowest BCUT2D eigenvalue weighted by atomic mass is 10.1. The summed E-state index contributed by atoms with van der Waals surface area (Å²) < 4.78 is 45.1. The second-order valence-electron chi connectivity index (χ2n) is 3.86. The molecule has 0 aliphatic carbocycles. The molecule has 1 aliphatic heterocycles. The van der Waals surface area contributed by atoms with Gasteiger partial charge in [-0.05, 0) is 12.1 Å². The first kappa shape index (κ1) is 12.0. The van der Waals surface area contributed by atoms with E-state index in [1.165, 1.54) is 18.2 Å². The number of nitrogens with one attached hydrogen (secondary N) is 1. The van der Waals surface area contributed by atoms with Crippen LogP contribution in [0, 0.1) is 5.92 Å². The molecular formula is C11H12F3NO2. The summed E-state index contributed by atoms with van der Waals surface area (Å²) in [6, 6.07) is 5.55. The van der Waals surface area contributed by atoms with E-state index in [1.54, 1.807) is 6.07 Å². The molecule has 0 atom stereocenters. The maximum absolute atomic E-state index is 12.0. The summed E-state index contributed by atoms with van der Waals surface area (Å²) in [6.07, 6.45) is -4.67. The molecule has 0 bridgehead atoms. The third-order valence-electron chi connectivity index (χ3n) is 2.39. The molecule has 2 rings (SSSR count). The van der Waals surface area contributed by atoms with Gasteiger partial charge < -0.3 is 14.8 Å². The first-order chi connectivity index (χ1) is 8.03. The van der Waals surface area contributed by atoms with Gasteiger partial charge in [0.05, 0.1) is 6.61 Å². The molecule has 0 aromatic heterocycles. The molecule has 6 heteroatoms. The molecule has 94 valence electrons. The van der Waals surface area contributed by atoms with E-state index in [0.717, 1.165) is 13.1 Å². The van der Waals surface area contributed by atoms with Gasteiger partial charge in [0.15, 0.2) is 0 Å². The Balaban J connectivity index is 1.91. The molecule has 0 unspecified atom stereocenters. The van der Waals surface area contributed by atoms with Crippen molar-refractivity contribution in [1.82, 2.24) is 5.32 Å². The van der Waals surface area contributed by atoms with E-state index in [9.17, 15) is 13.2 Å². The average molecular weight is 247 g/mol. The summed E-state index contributed by atoms with van der Waals surface area (Å²) in [7, 11) is 0. The van der Waals surface area contributed by atoms with Gasteiger partial charge >= 0.3 is 6.36 Å². The first-order valence-corrected chi connectivity index (χ1v) is 5.22. The zero-order valence-electron chi connectivity index (χ0n) is 8.96. The molecular weight excluding hydrogens is 235 g/mol. The number of benzene rings is 1. The number of hydrogen-bond donors (Lipinski definition) is 1. The van der Waals surface area contributed by atoms with Crippen molar-refractivity contribution in [3.8, 4) is 11.5 Å². The van der Waals surface area contributed by atoms with Crippen LogP contribution in [0.2, 0.25) is 0 Å². The van der Waals surface area contributed by atoms with E-state index in [1.807, 2.05) is 0 Å². The minimum absolute atomic E-state index is 0.262. The first-order valence-electron chi connectivity index (χ1n) is 5.22. The summed E-state index contributed by atoms with van der Waals surface area (Å²) in [5, 5.41) is 3.09. The van der Waals surface area contributed by atoms with Crippen LogP contribution in [0.3, 0.4) is 0 Å². The number of halogens is 3.